The van der Waals surface area contributed by atoms with Crippen LogP contribution in [0.25, 0.3) is 0 Å². The number of pyridine rings is 1. The third-order valence-electron chi connectivity index (χ3n) is 2.27. The molecule has 92 valence electrons. The lowest BCUT2D eigenvalue weighted by Gasteiger charge is -2.07. The molecular weight excluding hydrogens is 237 g/mol. The molecule has 5 heteroatoms. The van der Waals surface area contributed by atoms with Crippen molar-refractivity contribution in [1.82, 2.24) is 4.98 Å². The lowest BCUT2D eigenvalue weighted by molar-refractivity contribution is 0.0690. The third-order valence-corrected chi connectivity index (χ3v) is 2.27. The molecule has 0 aliphatic carbocycles. The van der Waals surface area contributed by atoms with Crippen LogP contribution >= 0.6 is 0 Å². The fourth-order valence-corrected chi connectivity index (χ4v) is 1.42. The fourth-order valence-electron chi connectivity index (χ4n) is 1.42. The van der Waals surface area contributed by atoms with E-state index in [1.807, 2.05) is 30.3 Å². The number of carbonyl (C=O) groups is 1. The van der Waals surface area contributed by atoms with E-state index in [0.717, 1.165) is 17.8 Å². The van der Waals surface area contributed by atoms with Crippen molar-refractivity contribution in [3.8, 4) is 5.88 Å². The predicted octanol–water partition coefficient (Wildman–Crippen LogP) is 2.50. The molecule has 0 amide bonds. The molecule has 0 saturated carbocycles. The van der Waals surface area contributed by atoms with Crippen molar-refractivity contribution in [2.45, 2.75) is 6.61 Å². The Hall–Kier alpha value is -2.43. The van der Waals surface area contributed by atoms with Crippen LogP contribution < -0.4 is 4.74 Å². The first kappa shape index (κ1) is 12.0. The number of ether oxygens (including phenoxy) is 1. The predicted molar refractivity (Wildman–Crippen MR) is 61.9 cm³/mol. The molecular formula is C13H10FNO3. The van der Waals surface area contributed by atoms with Crippen LogP contribution in [0.15, 0.2) is 42.6 Å². The zero-order chi connectivity index (χ0) is 13.0. The van der Waals surface area contributed by atoms with E-state index in [0.29, 0.717) is 0 Å². The Morgan fingerprint density at radius 2 is 2.06 bits per heavy atom. The van der Waals surface area contributed by atoms with E-state index in [1.54, 1.807) is 0 Å². The summed E-state index contributed by atoms with van der Waals surface area (Å²) in [7, 11) is 0. The van der Waals surface area contributed by atoms with Crippen LogP contribution in [0.2, 0.25) is 0 Å². The zero-order valence-electron chi connectivity index (χ0n) is 9.34. The second-order valence-electron chi connectivity index (χ2n) is 3.59. The number of halogens is 1. The summed E-state index contributed by atoms with van der Waals surface area (Å²) in [6, 6.07) is 10.1. The molecule has 1 N–H and O–H groups in total. The van der Waals surface area contributed by atoms with E-state index >= 15 is 0 Å². The number of nitrogens with zero attached hydrogens (tertiary/aromatic N) is 1. The Labute approximate surface area is 103 Å². The molecule has 2 rings (SSSR count). The van der Waals surface area contributed by atoms with Gasteiger partial charge in [-0.25, -0.2) is 14.2 Å². The molecule has 1 aromatic heterocycles. The molecule has 1 aromatic carbocycles. The molecule has 0 spiro atoms. The lowest BCUT2D eigenvalue weighted by Crippen LogP contribution is -2.06. The van der Waals surface area contributed by atoms with Crippen molar-refractivity contribution in [1.29, 1.82) is 0 Å². The topological polar surface area (TPSA) is 59.4 Å². The maximum Gasteiger partial charge on any atom is 0.341 e. The van der Waals surface area contributed by atoms with E-state index in [9.17, 15) is 9.18 Å². The highest BCUT2D eigenvalue weighted by Crippen LogP contribution is 2.17. The quantitative estimate of drug-likeness (QED) is 0.901. The molecule has 0 radical (unpaired) electrons. The lowest BCUT2D eigenvalue weighted by atomic mass is 10.2. The zero-order valence-corrected chi connectivity index (χ0v) is 9.34. The first-order chi connectivity index (χ1) is 8.66. The van der Waals surface area contributed by atoms with Gasteiger partial charge in [0, 0.05) is 0 Å². The Kier molecular flexibility index (Phi) is 3.52. The highest BCUT2D eigenvalue weighted by Gasteiger charge is 2.14. The van der Waals surface area contributed by atoms with Gasteiger partial charge >= 0.3 is 5.97 Å². The summed E-state index contributed by atoms with van der Waals surface area (Å²) in [5.41, 5.74) is 0.589. The summed E-state index contributed by atoms with van der Waals surface area (Å²) < 4.78 is 18.2. The van der Waals surface area contributed by atoms with Crippen LogP contribution in [0.3, 0.4) is 0 Å². The number of benzene rings is 1. The van der Waals surface area contributed by atoms with Crippen LogP contribution in [-0.4, -0.2) is 16.1 Å². The molecule has 0 bridgehead atoms. The van der Waals surface area contributed by atoms with Gasteiger partial charge in [0.15, 0.2) is 0 Å². The smallest absolute Gasteiger partial charge is 0.341 e. The number of rotatable bonds is 4. The number of aromatic nitrogens is 1. The molecule has 0 fully saturated rings. The Bertz CT molecular complexity index is 557. The Morgan fingerprint density at radius 1 is 1.33 bits per heavy atom. The van der Waals surface area contributed by atoms with Gasteiger partial charge in [-0.2, -0.15) is 0 Å². The average Bonchev–Trinajstić information content (AvgIpc) is 2.38. The van der Waals surface area contributed by atoms with Crippen molar-refractivity contribution in [2.75, 3.05) is 0 Å². The summed E-state index contributed by atoms with van der Waals surface area (Å²) in [6.07, 6.45) is 0.923. The monoisotopic (exact) mass is 247 g/mol. The van der Waals surface area contributed by atoms with Gasteiger partial charge in [0.2, 0.25) is 5.88 Å². The second kappa shape index (κ2) is 5.27. The number of hydrogen-bond donors (Lipinski definition) is 1. The molecule has 0 aliphatic rings. The van der Waals surface area contributed by atoms with Crippen LogP contribution in [0.5, 0.6) is 5.88 Å². The van der Waals surface area contributed by atoms with E-state index in [2.05, 4.69) is 4.98 Å². The number of aromatic carboxylic acids is 1. The fraction of sp³-hybridized carbons (Fsp3) is 0.0769. The molecule has 0 saturated heterocycles. The standard InChI is InChI=1S/C13H10FNO3/c14-10-6-11(13(16)17)12(15-7-10)18-8-9-4-2-1-3-5-9/h1-7H,8H2,(H,16,17). The Morgan fingerprint density at radius 3 is 2.72 bits per heavy atom. The summed E-state index contributed by atoms with van der Waals surface area (Å²) in [4.78, 5) is 14.5. The van der Waals surface area contributed by atoms with E-state index in [1.165, 1.54) is 0 Å². The summed E-state index contributed by atoms with van der Waals surface area (Å²) in [5.74, 6) is -2.07. The maximum atomic E-state index is 12.9. The normalized spacial score (nSPS) is 10.1. The molecule has 0 unspecified atom stereocenters. The molecule has 0 aliphatic heterocycles. The van der Waals surface area contributed by atoms with Gasteiger partial charge in [-0.3, -0.25) is 0 Å². The Balaban J connectivity index is 2.17. The van der Waals surface area contributed by atoms with Crippen molar-refractivity contribution in [2.24, 2.45) is 0 Å². The highest BCUT2D eigenvalue weighted by atomic mass is 19.1. The van der Waals surface area contributed by atoms with Crippen LogP contribution in [0.1, 0.15) is 15.9 Å². The van der Waals surface area contributed by atoms with Crippen molar-refractivity contribution < 1.29 is 19.0 Å². The van der Waals surface area contributed by atoms with Gasteiger partial charge < -0.3 is 9.84 Å². The minimum atomic E-state index is -1.27. The van der Waals surface area contributed by atoms with E-state index < -0.39 is 11.8 Å². The minimum Gasteiger partial charge on any atom is -0.477 e. The molecule has 1 heterocycles. The van der Waals surface area contributed by atoms with Crippen molar-refractivity contribution in [3.05, 3.63) is 59.5 Å². The third kappa shape index (κ3) is 2.82. The van der Waals surface area contributed by atoms with Gasteiger partial charge in [0.25, 0.3) is 0 Å². The molecule has 2 aromatic rings. The average molecular weight is 247 g/mol. The van der Waals surface area contributed by atoms with Gasteiger partial charge in [-0.05, 0) is 11.6 Å². The molecule has 4 nitrogen and oxygen atoms in total. The summed E-state index contributed by atoms with van der Waals surface area (Å²) >= 11 is 0. The second-order valence-corrected chi connectivity index (χ2v) is 3.59. The molecule has 18 heavy (non-hydrogen) atoms. The van der Waals surface area contributed by atoms with Gasteiger partial charge in [0.05, 0.1) is 6.20 Å². The summed E-state index contributed by atoms with van der Waals surface area (Å²) in [5, 5.41) is 8.90. The first-order valence-corrected chi connectivity index (χ1v) is 5.22. The van der Waals surface area contributed by atoms with Crippen LogP contribution in [-0.2, 0) is 6.61 Å². The molecule has 0 atom stereocenters. The van der Waals surface area contributed by atoms with Gasteiger partial charge in [0.1, 0.15) is 18.0 Å². The maximum absolute atomic E-state index is 12.9. The minimum absolute atomic E-state index is 0.0900. The first-order valence-electron chi connectivity index (χ1n) is 5.22. The highest BCUT2D eigenvalue weighted by molar-refractivity contribution is 5.90. The van der Waals surface area contributed by atoms with Crippen molar-refractivity contribution >= 4 is 5.97 Å². The van der Waals surface area contributed by atoms with E-state index in [4.69, 9.17) is 9.84 Å². The largest absolute Gasteiger partial charge is 0.477 e. The van der Waals surface area contributed by atoms with Gasteiger partial charge in [-0.15, -0.1) is 0 Å². The van der Waals surface area contributed by atoms with Crippen molar-refractivity contribution in [3.63, 3.8) is 0 Å². The number of carboxylic acids is 1. The van der Waals surface area contributed by atoms with Gasteiger partial charge in [-0.1, -0.05) is 30.3 Å². The summed E-state index contributed by atoms with van der Waals surface area (Å²) in [6.45, 7) is 0.180. The number of carboxylic acid groups (broad SMARTS) is 1. The van der Waals surface area contributed by atoms with Crippen LogP contribution in [0.4, 0.5) is 4.39 Å². The van der Waals surface area contributed by atoms with E-state index in [-0.39, 0.29) is 18.1 Å². The SMILES string of the molecule is O=C(O)c1cc(F)cnc1OCc1ccccc1. The van der Waals surface area contributed by atoms with Crippen LogP contribution in [0, 0.1) is 5.82 Å². The number of hydrogen-bond acceptors (Lipinski definition) is 3.